The lowest BCUT2D eigenvalue weighted by Crippen LogP contribution is -2.55. The summed E-state index contributed by atoms with van der Waals surface area (Å²) in [4.78, 5) is 21.2. The topological polar surface area (TPSA) is 59.8 Å². The van der Waals surface area contributed by atoms with Crippen molar-refractivity contribution in [3.05, 3.63) is 95.8 Å². The maximum absolute atomic E-state index is 12.6. The molecule has 1 atom stereocenters. The Bertz CT molecular complexity index is 1340. The molecule has 1 saturated heterocycles. The maximum Gasteiger partial charge on any atom is 0.236 e. The molecule has 36 heavy (non-hydrogen) atoms. The van der Waals surface area contributed by atoms with Crippen LogP contribution in [0.15, 0.2) is 84.5 Å². The van der Waals surface area contributed by atoms with E-state index >= 15 is 0 Å². The molecule has 1 amide bonds. The van der Waals surface area contributed by atoms with Gasteiger partial charge in [-0.2, -0.15) is 0 Å². The minimum Gasteiger partial charge on any atom is -0.458 e. The van der Waals surface area contributed by atoms with Crippen LogP contribution in [-0.4, -0.2) is 51.4 Å². The Morgan fingerprint density at radius 3 is 2.75 bits per heavy atom. The lowest BCUT2D eigenvalue weighted by Gasteiger charge is -2.39. The van der Waals surface area contributed by atoms with E-state index in [-0.39, 0.29) is 11.9 Å². The molecule has 2 aliphatic heterocycles. The first-order valence-corrected chi connectivity index (χ1v) is 12.5. The molecule has 184 valence electrons. The van der Waals surface area contributed by atoms with Crippen LogP contribution in [-0.2, 0) is 24.3 Å². The van der Waals surface area contributed by atoms with Gasteiger partial charge in [-0.3, -0.25) is 9.69 Å². The van der Waals surface area contributed by atoms with Crippen LogP contribution < -0.4 is 9.47 Å². The number of hydrogen-bond donors (Lipinski definition) is 0. The van der Waals surface area contributed by atoms with Crippen molar-refractivity contribution in [2.24, 2.45) is 0 Å². The van der Waals surface area contributed by atoms with Crippen LogP contribution in [0.1, 0.15) is 24.1 Å². The molecule has 3 heterocycles. The van der Waals surface area contributed by atoms with Crippen molar-refractivity contribution >= 4 is 5.91 Å². The van der Waals surface area contributed by atoms with E-state index in [9.17, 15) is 4.79 Å². The van der Waals surface area contributed by atoms with E-state index in [0.717, 1.165) is 36.5 Å². The molecule has 0 N–H and O–H groups in total. The van der Waals surface area contributed by atoms with Gasteiger partial charge in [0.25, 0.3) is 0 Å². The summed E-state index contributed by atoms with van der Waals surface area (Å²) in [5, 5.41) is 0. The van der Waals surface area contributed by atoms with Crippen LogP contribution >= 0.6 is 0 Å². The zero-order chi connectivity index (χ0) is 24.5. The lowest BCUT2D eigenvalue weighted by molar-refractivity contribution is -0.137. The van der Waals surface area contributed by atoms with Gasteiger partial charge >= 0.3 is 0 Å². The Morgan fingerprint density at radius 2 is 1.86 bits per heavy atom. The van der Waals surface area contributed by atoms with Crippen molar-refractivity contribution in [3.8, 4) is 17.2 Å². The highest BCUT2D eigenvalue weighted by Gasteiger charge is 2.31. The molecular weight excluding hydrogens is 452 g/mol. The third kappa shape index (κ3) is 4.79. The maximum atomic E-state index is 12.6. The molecule has 6 rings (SSSR count). The number of fused-ring (bicyclic) bond motifs is 6. The van der Waals surface area contributed by atoms with Crippen LogP contribution in [0.25, 0.3) is 0 Å². The first-order chi connectivity index (χ1) is 17.6. The highest BCUT2D eigenvalue weighted by molar-refractivity contribution is 5.78. The monoisotopic (exact) mass is 482 g/mol. The number of imidazole rings is 1. The van der Waals surface area contributed by atoms with E-state index < -0.39 is 0 Å². The summed E-state index contributed by atoms with van der Waals surface area (Å²) in [5.41, 5.74) is 3.47. The van der Waals surface area contributed by atoms with Crippen molar-refractivity contribution in [1.29, 1.82) is 0 Å². The molecule has 1 aliphatic carbocycles. The van der Waals surface area contributed by atoms with E-state index in [2.05, 4.69) is 38.7 Å². The molecule has 1 fully saturated rings. The second-order valence-corrected chi connectivity index (χ2v) is 9.78. The quantitative estimate of drug-likeness (QED) is 0.470. The smallest absolute Gasteiger partial charge is 0.236 e. The van der Waals surface area contributed by atoms with E-state index in [0.29, 0.717) is 37.7 Å². The van der Waals surface area contributed by atoms with Gasteiger partial charge < -0.3 is 18.9 Å². The summed E-state index contributed by atoms with van der Waals surface area (Å²) >= 11 is 0. The van der Waals surface area contributed by atoms with Crippen molar-refractivity contribution < 1.29 is 14.3 Å². The Labute approximate surface area is 211 Å². The van der Waals surface area contributed by atoms with Gasteiger partial charge in [-0.1, -0.05) is 30.3 Å². The zero-order valence-electron chi connectivity index (χ0n) is 20.5. The van der Waals surface area contributed by atoms with Crippen LogP contribution in [0.2, 0.25) is 0 Å². The van der Waals surface area contributed by atoms with Gasteiger partial charge in [0, 0.05) is 45.3 Å². The second kappa shape index (κ2) is 9.66. The summed E-state index contributed by atoms with van der Waals surface area (Å²) in [7, 11) is 1.89. The number of aromatic nitrogens is 2. The molecule has 1 aromatic heterocycles. The van der Waals surface area contributed by atoms with Crippen molar-refractivity contribution in [2.75, 3.05) is 20.1 Å². The number of rotatable bonds is 0. The summed E-state index contributed by atoms with van der Waals surface area (Å²) in [5.74, 6) is 3.25. The van der Waals surface area contributed by atoms with Gasteiger partial charge in [0.15, 0.2) is 11.5 Å². The van der Waals surface area contributed by atoms with Crippen molar-refractivity contribution in [3.63, 3.8) is 0 Å². The number of carbonyl (C=O) groups excluding carboxylic acids is 1. The molecule has 3 aromatic rings. The fraction of sp³-hybridized carbons (Fsp3) is 0.310. The first-order valence-electron chi connectivity index (χ1n) is 12.5. The molecule has 2 aromatic carbocycles. The molecule has 0 saturated carbocycles. The summed E-state index contributed by atoms with van der Waals surface area (Å²) in [6.45, 7) is 2.47. The highest BCUT2D eigenvalue weighted by atomic mass is 16.5. The first kappa shape index (κ1) is 22.6. The molecule has 7 heteroatoms. The van der Waals surface area contributed by atoms with Crippen molar-refractivity contribution in [1.82, 2.24) is 19.4 Å². The molecule has 3 aliphatic rings. The summed E-state index contributed by atoms with van der Waals surface area (Å²) in [6.07, 6.45) is 10.8. The minimum atomic E-state index is 0.150. The van der Waals surface area contributed by atoms with Gasteiger partial charge in [0.05, 0.1) is 18.6 Å². The fourth-order valence-corrected chi connectivity index (χ4v) is 5.19. The molecule has 0 radical (unpaired) electrons. The van der Waals surface area contributed by atoms with Crippen LogP contribution in [0.3, 0.4) is 0 Å². The number of likely N-dealkylation sites (N-methyl/N-ethyl adjacent to an activating group) is 1. The number of amides is 1. The molecule has 0 spiro atoms. The van der Waals surface area contributed by atoms with E-state index in [4.69, 9.17) is 9.47 Å². The second-order valence-electron chi connectivity index (χ2n) is 9.78. The minimum absolute atomic E-state index is 0.150. The Morgan fingerprint density at radius 1 is 1.00 bits per heavy atom. The Hall–Kier alpha value is -3.84. The van der Waals surface area contributed by atoms with Gasteiger partial charge in [-0.05, 0) is 54.3 Å². The summed E-state index contributed by atoms with van der Waals surface area (Å²) < 4.78 is 14.9. The predicted molar refractivity (Wildman–Crippen MR) is 137 cm³/mol. The Kier molecular flexibility index (Phi) is 6.07. The zero-order valence-corrected chi connectivity index (χ0v) is 20.5. The third-order valence-electron chi connectivity index (χ3n) is 7.11. The normalized spacial score (nSPS) is 20.5. The van der Waals surface area contributed by atoms with Crippen LogP contribution in [0.5, 0.6) is 17.2 Å². The van der Waals surface area contributed by atoms with Gasteiger partial charge in [-0.25, -0.2) is 4.98 Å². The van der Waals surface area contributed by atoms with E-state index in [1.807, 2.05) is 60.9 Å². The van der Waals surface area contributed by atoms with E-state index in [1.165, 1.54) is 11.1 Å². The van der Waals surface area contributed by atoms with Crippen LogP contribution in [0.4, 0.5) is 0 Å². The molecular formula is C29H30N4O3. The Balaban J connectivity index is 1.40. The average Bonchev–Trinajstić information content (AvgIpc) is 3.30. The van der Waals surface area contributed by atoms with Crippen LogP contribution in [0, 0.1) is 0 Å². The SMILES string of the molecule is CN1CC2Cc3cccc(c3)Oc3ccccc3OC3=CC(=CCC3)Cn3cncc3CN2CC1=O. The van der Waals surface area contributed by atoms with Crippen molar-refractivity contribution in [2.45, 2.75) is 38.4 Å². The van der Waals surface area contributed by atoms with E-state index in [1.54, 1.807) is 0 Å². The highest BCUT2D eigenvalue weighted by Crippen LogP contribution is 2.35. The number of allylic oxidation sites excluding steroid dienone is 4. The number of hydrogen-bond acceptors (Lipinski definition) is 5. The molecule has 7 nitrogen and oxygen atoms in total. The van der Waals surface area contributed by atoms with Gasteiger partial charge in [0.1, 0.15) is 11.5 Å². The number of para-hydroxylation sites is 2. The number of nitrogens with zero attached hydrogens (tertiary/aromatic N) is 4. The largest absolute Gasteiger partial charge is 0.458 e. The number of ether oxygens (including phenoxy) is 2. The predicted octanol–water partition coefficient (Wildman–Crippen LogP) is 4.56. The summed E-state index contributed by atoms with van der Waals surface area (Å²) in [6, 6.07) is 16.2. The molecule has 1 unspecified atom stereocenters. The number of benzene rings is 2. The number of piperazine rings is 1. The lowest BCUT2D eigenvalue weighted by atomic mass is 10.0. The van der Waals surface area contributed by atoms with Gasteiger partial charge in [-0.15, -0.1) is 0 Å². The third-order valence-corrected chi connectivity index (χ3v) is 7.11. The standard InChI is InChI=1S/C29H30N4O3/c1-31-17-23-12-21-6-4-8-25(13-21)35-27-10-2-3-11-28(27)36-26-9-5-7-22(14-26)16-33-20-30-15-24(33)18-32(23)19-29(31)34/h2-4,6-8,10-11,13-15,20,23H,5,9,12,16-19H2,1H3. The number of carbonyl (C=O) groups is 1. The molecule has 4 bridgehead atoms. The average molecular weight is 483 g/mol. The van der Waals surface area contributed by atoms with Gasteiger partial charge in [0.2, 0.25) is 5.91 Å². The fourth-order valence-electron chi connectivity index (χ4n) is 5.19.